The zero-order valence-electron chi connectivity index (χ0n) is 15.2. The maximum absolute atomic E-state index is 11.1. The third-order valence-corrected chi connectivity index (χ3v) is 5.67. The van der Waals surface area contributed by atoms with E-state index in [9.17, 15) is 5.11 Å². The first-order valence-corrected chi connectivity index (χ1v) is 9.45. The van der Waals surface area contributed by atoms with Gasteiger partial charge in [0, 0.05) is 65.5 Å². The summed E-state index contributed by atoms with van der Waals surface area (Å²) in [6.45, 7) is 3.94. The number of nitrogens with zero attached hydrogens (tertiary/aromatic N) is 2. The molecule has 1 aliphatic rings. The number of aromatic nitrogens is 2. The maximum atomic E-state index is 11.1. The molecule has 0 radical (unpaired) electrons. The minimum absolute atomic E-state index is 0.481. The first kappa shape index (κ1) is 17.5. The quantitative estimate of drug-likeness (QED) is 0.740. The molecule has 0 spiro atoms. The molecule has 1 atom stereocenters. The molecule has 0 aliphatic carbocycles. The Balaban J connectivity index is 1.78. The monoisotopic (exact) mass is 369 g/mol. The molecule has 26 heavy (non-hydrogen) atoms. The lowest BCUT2D eigenvalue weighted by atomic mass is 9.89. The molecule has 0 fully saturated rings. The molecule has 3 aromatic rings. The minimum Gasteiger partial charge on any atom is -0.385 e. The molecule has 4 rings (SSSR count). The molecule has 2 aromatic heterocycles. The predicted molar refractivity (Wildman–Crippen MR) is 106 cm³/mol. The van der Waals surface area contributed by atoms with Gasteiger partial charge in [0.2, 0.25) is 0 Å². The van der Waals surface area contributed by atoms with E-state index in [1.54, 1.807) is 12.4 Å². The lowest BCUT2D eigenvalue weighted by Gasteiger charge is -2.24. The number of H-pyrrole nitrogens is 1. The summed E-state index contributed by atoms with van der Waals surface area (Å²) in [5.41, 5.74) is 4.62. The van der Waals surface area contributed by atoms with Gasteiger partial charge in [0.05, 0.1) is 5.60 Å². The van der Waals surface area contributed by atoms with Crippen LogP contribution >= 0.6 is 11.6 Å². The highest BCUT2D eigenvalue weighted by Gasteiger charge is 2.26. The number of pyridine rings is 1. The summed E-state index contributed by atoms with van der Waals surface area (Å²) in [7, 11) is 2.16. The molecule has 0 saturated carbocycles. The zero-order valence-corrected chi connectivity index (χ0v) is 16.0. The van der Waals surface area contributed by atoms with Gasteiger partial charge in [-0.05, 0) is 49.7 Å². The van der Waals surface area contributed by atoms with Crippen molar-refractivity contribution in [1.82, 2.24) is 14.9 Å². The van der Waals surface area contributed by atoms with Gasteiger partial charge >= 0.3 is 0 Å². The average Bonchev–Trinajstić information content (AvgIpc) is 2.85. The molecule has 4 nitrogen and oxygen atoms in total. The number of halogens is 1. The lowest BCUT2D eigenvalue weighted by molar-refractivity contribution is 0.0576. The highest BCUT2D eigenvalue weighted by atomic mass is 35.5. The number of likely N-dealkylation sites (N-methyl/N-ethyl adjacent to an activating group) is 1. The van der Waals surface area contributed by atoms with E-state index in [2.05, 4.69) is 28.0 Å². The van der Waals surface area contributed by atoms with E-state index in [1.807, 2.05) is 25.1 Å². The topological polar surface area (TPSA) is 52.2 Å². The van der Waals surface area contributed by atoms with Crippen molar-refractivity contribution < 1.29 is 5.11 Å². The number of nitrogens with one attached hydrogen (secondary N) is 1. The van der Waals surface area contributed by atoms with Crippen molar-refractivity contribution in [3.63, 3.8) is 0 Å². The van der Waals surface area contributed by atoms with Crippen molar-refractivity contribution in [3.8, 4) is 0 Å². The van der Waals surface area contributed by atoms with E-state index < -0.39 is 5.60 Å². The first-order valence-electron chi connectivity index (χ1n) is 9.07. The second-order valence-corrected chi connectivity index (χ2v) is 8.00. The van der Waals surface area contributed by atoms with Gasteiger partial charge in [-0.25, -0.2) is 0 Å². The Morgan fingerprint density at radius 1 is 1.31 bits per heavy atom. The second-order valence-electron chi connectivity index (χ2n) is 7.57. The Morgan fingerprint density at radius 2 is 2.12 bits per heavy atom. The molecule has 1 aromatic carbocycles. The van der Waals surface area contributed by atoms with E-state index in [-0.39, 0.29) is 0 Å². The van der Waals surface area contributed by atoms with Crippen molar-refractivity contribution in [3.05, 3.63) is 64.1 Å². The standard InChI is InChI=1S/C21H24ClN3O/c1-21(26,15-4-3-7-23-13-15)12-14-10-16(22)11-18-17-5-8-25(2)9-6-19(17)24-20(14)18/h3-4,7,10-11,13,24,26H,5-6,8-9,12H2,1-2H3. The van der Waals surface area contributed by atoms with Gasteiger partial charge in [-0.15, -0.1) is 0 Å². The van der Waals surface area contributed by atoms with E-state index in [4.69, 9.17) is 11.6 Å². The highest BCUT2D eigenvalue weighted by Crippen LogP contribution is 2.34. The van der Waals surface area contributed by atoms with Gasteiger partial charge in [0.1, 0.15) is 0 Å². The Bertz CT molecular complexity index is 933. The van der Waals surface area contributed by atoms with Gasteiger partial charge in [-0.1, -0.05) is 17.7 Å². The lowest BCUT2D eigenvalue weighted by Crippen LogP contribution is -2.24. The molecule has 2 N–H and O–H groups in total. The van der Waals surface area contributed by atoms with Crippen LogP contribution in [0.1, 0.15) is 29.3 Å². The van der Waals surface area contributed by atoms with Crippen molar-refractivity contribution in [2.45, 2.75) is 31.8 Å². The Labute approximate surface area is 158 Å². The summed E-state index contributed by atoms with van der Waals surface area (Å²) in [4.78, 5) is 10.1. The molecule has 0 saturated heterocycles. The van der Waals surface area contributed by atoms with Crippen molar-refractivity contribution in [1.29, 1.82) is 0 Å². The minimum atomic E-state index is -1.01. The summed E-state index contributed by atoms with van der Waals surface area (Å²) < 4.78 is 0. The average molecular weight is 370 g/mol. The van der Waals surface area contributed by atoms with Gasteiger partial charge in [0.25, 0.3) is 0 Å². The molecule has 1 aliphatic heterocycles. The second kappa shape index (κ2) is 6.69. The Hall–Kier alpha value is -1.88. The molecule has 136 valence electrons. The molecule has 0 bridgehead atoms. The van der Waals surface area contributed by atoms with Crippen molar-refractivity contribution >= 4 is 22.5 Å². The van der Waals surface area contributed by atoms with Crippen LogP contribution in [-0.2, 0) is 24.9 Å². The van der Waals surface area contributed by atoms with Crippen LogP contribution in [0.15, 0.2) is 36.7 Å². The maximum Gasteiger partial charge on any atom is 0.0924 e. The van der Waals surface area contributed by atoms with Gasteiger partial charge in [-0.2, -0.15) is 0 Å². The fourth-order valence-corrected chi connectivity index (χ4v) is 4.19. The molecule has 0 amide bonds. The fourth-order valence-electron chi connectivity index (χ4n) is 3.95. The van der Waals surface area contributed by atoms with Crippen LogP contribution < -0.4 is 0 Å². The van der Waals surface area contributed by atoms with Crippen LogP contribution in [-0.4, -0.2) is 40.1 Å². The molecule has 3 heterocycles. The van der Waals surface area contributed by atoms with Crippen molar-refractivity contribution in [2.24, 2.45) is 0 Å². The number of aliphatic hydroxyl groups is 1. The summed E-state index contributed by atoms with van der Waals surface area (Å²) in [5.74, 6) is 0. The summed E-state index contributed by atoms with van der Waals surface area (Å²) >= 11 is 6.45. The van der Waals surface area contributed by atoms with Crippen molar-refractivity contribution in [2.75, 3.05) is 20.1 Å². The van der Waals surface area contributed by atoms with Crippen LogP contribution in [0.5, 0.6) is 0 Å². The smallest absolute Gasteiger partial charge is 0.0924 e. The number of fused-ring (bicyclic) bond motifs is 3. The van der Waals surface area contributed by atoms with Gasteiger partial charge in [-0.3, -0.25) is 4.98 Å². The largest absolute Gasteiger partial charge is 0.385 e. The summed E-state index contributed by atoms with van der Waals surface area (Å²) in [6, 6.07) is 7.79. The highest BCUT2D eigenvalue weighted by molar-refractivity contribution is 6.31. The van der Waals surface area contributed by atoms with Crippen LogP contribution in [0.25, 0.3) is 10.9 Å². The molecule has 1 unspecified atom stereocenters. The number of hydrogen-bond acceptors (Lipinski definition) is 3. The number of hydrogen-bond donors (Lipinski definition) is 2. The zero-order chi connectivity index (χ0) is 18.3. The van der Waals surface area contributed by atoms with Crippen LogP contribution in [0.4, 0.5) is 0 Å². The Kier molecular flexibility index (Phi) is 4.51. The SMILES string of the molecule is CN1CCc2[nH]c3c(CC(C)(O)c4cccnc4)cc(Cl)cc3c2CC1. The Morgan fingerprint density at radius 3 is 2.88 bits per heavy atom. The summed E-state index contributed by atoms with van der Waals surface area (Å²) in [5, 5.41) is 13.0. The van der Waals surface area contributed by atoms with E-state index in [1.165, 1.54) is 16.6 Å². The normalized spacial score (nSPS) is 17.7. The summed E-state index contributed by atoms with van der Waals surface area (Å²) in [6.07, 6.45) is 5.95. The van der Waals surface area contributed by atoms with Crippen LogP contribution in [0.2, 0.25) is 5.02 Å². The van der Waals surface area contributed by atoms with Gasteiger partial charge < -0.3 is 15.0 Å². The molecule has 5 heteroatoms. The number of rotatable bonds is 3. The van der Waals surface area contributed by atoms with E-state index >= 15 is 0 Å². The fraction of sp³-hybridized carbons (Fsp3) is 0.381. The number of benzene rings is 1. The third kappa shape index (κ3) is 3.25. The predicted octanol–water partition coefficient (Wildman–Crippen LogP) is 3.70. The first-order chi connectivity index (χ1) is 12.4. The van der Waals surface area contributed by atoms with Crippen LogP contribution in [0, 0.1) is 0 Å². The number of aromatic amines is 1. The third-order valence-electron chi connectivity index (χ3n) is 5.46. The van der Waals surface area contributed by atoms with E-state index in [0.717, 1.165) is 42.6 Å². The molecular weight excluding hydrogens is 346 g/mol. The van der Waals surface area contributed by atoms with E-state index in [0.29, 0.717) is 11.4 Å². The molecular formula is C21H24ClN3O. The van der Waals surface area contributed by atoms with Crippen LogP contribution in [0.3, 0.4) is 0 Å². The van der Waals surface area contributed by atoms with Gasteiger partial charge in [0.15, 0.2) is 0 Å².